The van der Waals surface area contributed by atoms with E-state index >= 15 is 0 Å². The summed E-state index contributed by atoms with van der Waals surface area (Å²) in [6.07, 6.45) is 3.39. The molecule has 0 amide bonds. The van der Waals surface area contributed by atoms with E-state index in [2.05, 4.69) is 31.2 Å². The maximum absolute atomic E-state index is 6.30. The molecule has 0 spiro atoms. The zero-order valence-electron chi connectivity index (χ0n) is 11.1. The number of benzene rings is 2. The van der Waals surface area contributed by atoms with Gasteiger partial charge in [0.1, 0.15) is 5.75 Å². The van der Waals surface area contributed by atoms with Gasteiger partial charge in [-0.25, -0.2) is 0 Å². The molecule has 1 atom stereocenters. The average Bonchev–Trinajstić information content (AvgIpc) is 2.43. The lowest BCUT2D eigenvalue weighted by atomic mass is 9.95. The van der Waals surface area contributed by atoms with Crippen LogP contribution in [0.5, 0.6) is 5.75 Å². The molecule has 0 aliphatic rings. The highest BCUT2D eigenvalue weighted by atomic mass is 16.5. The molecule has 0 aromatic heterocycles. The van der Waals surface area contributed by atoms with Crippen LogP contribution in [0.15, 0.2) is 36.4 Å². The first-order valence-corrected chi connectivity index (χ1v) is 6.59. The van der Waals surface area contributed by atoms with Crippen LogP contribution in [0.1, 0.15) is 37.8 Å². The molecule has 2 nitrogen and oxygen atoms in total. The van der Waals surface area contributed by atoms with Crippen LogP contribution in [0.3, 0.4) is 0 Å². The zero-order chi connectivity index (χ0) is 13.0. The summed E-state index contributed by atoms with van der Waals surface area (Å²) < 4.78 is 5.40. The van der Waals surface area contributed by atoms with E-state index in [-0.39, 0.29) is 6.04 Å². The van der Waals surface area contributed by atoms with Gasteiger partial charge in [-0.15, -0.1) is 0 Å². The fourth-order valence-corrected chi connectivity index (χ4v) is 2.38. The van der Waals surface area contributed by atoms with Crippen LogP contribution in [0, 0.1) is 0 Å². The molecule has 18 heavy (non-hydrogen) atoms. The van der Waals surface area contributed by atoms with Crippen molar-refractivity contribution in [2.45, 2.75) is 32.2 Å². The number of rotatable bonds is 5. The van der Waals surface area contributed by atoms with Crippen LogP contribution in [-0.4, -0.2) is 7.11 Å². The molecular formula is C16H21NO. The minimum atomic E-state index is 0.112. The van der Waals surface area contributed by atoms with Crippen molar-refractivity contribution >= 4 is 10.8 Å². The molecule has 96 valence electrons. The molecule has 0 aliphatic heterocycles. The maximum atomic E-state index is 6.30. The fraction of sp³-hybridized carbons (Fsp3) is 0.375. The summed E-state index contributed by atoms with van der Waals surface area (Å²) in [6.45, 7) is 2.19. The Morgan fingerprint density at radius 3 is 2.50 bits per heavy atom. The molecule has 0 unspecified atom stereocenters. The Morgan fingerprint density at radius 1 is 1.11 bits per heavy atom. The van der Waals surface area contributed by atoms with Gasteiger partial charge < -0.3 is 10.5 Å². The lowest BCUT2D eigenvalue weighted by Crippen LogP contribution is -2.10. The fourth-order valence-electron chi connectivity index (χ4n) is 2.38. The van der Waals surface area contributed by atoms with E-state index in [0.29, 0.717) is 0 Å². The molecule has 2 N–H and O–H groups in total. The average molecular weight is 243 g/mol. The first-order chi connectivity index (χ1) is 8.77. The lowest BCUT2D eigenvalue weighted by Gasteiger charge is -2.16. The Kier molecular flexibility index (Phi) is 4.21. The van der Waals surface area contributed by atoms with Crippen LogP contribution in [0.25, 0.3) is 10.8 Å². The molecular weight excluding hydrogens is 222 g/mol. The third-order valence-electron chi connectivity index (χ3n) is 3.41. The van der Waals surface area contributed by atoms with Crippen LogP contribution in [0.2, 0.25) is 0 Å². The lowest BCUT2D eigenvalue weighted by molar-refractivity contribution is 0.419. The van der Waals surface area contributed by atoms with E-state index in [4.69, 9.17) is 10.5 Å². The van der Waals surface area contributed by atoms with Crippen LogP contribution in [0.4, 0.5) is 0 Å². The number of nitrogens with two attached hydrogens (primary N) is 1. The first kappa shape index (κ1) is 12.9. The van der Waals surface area contributed by atoms with Crippen LogP contribution < -0.4 is 10.5 Å². The normalized spacial score (nSPS) is 12.6. The second-order valence-electron chi connectivity index (χ2n) is 4.65. The predicted molar refractivity (Wildman–Crippen MR) is 77.0 cm³/mol. The van der Waals surface area contributed by atoms with E-state index in [1.807, 2.05) is 12.1 Å². The van der Waals surface area contributed by atoms with Crippen molar-refractivity contribution < 1.29 is 4.74 Å². The minimum absolute atomic E-state index is 0.112. The smallest absolute Gasteiger partial charge is 0.126 e. The standard InChI is InChI=1S/C16H21NO/c1-3-4-9-15(17)13-10-11-16(18-2)14-8-6-5-7-12(13)14/h5-8,10-11,15H,3-4,9,17H2,1-2H3/t15-/m1/s1. The van der Waals surface area contributed by atoms with Gasteiger partial charge in [-0.2, -0.15) is 0 Å². The summed E-state index contributed by atoms with van der Waals surface area (Å²) in [7, 11) is 1.71. The Labute approximate surface area is 109 Å². The van der Waals surface area contributed by atoms with Crippen molar-refractivity contribution in [3.05, 3.63) is 42.0 Å². The summed E-state index contributed by atoms with van der Waals surface area (Å²) in [6, 6.07) is 12.5. The monoisotopic (exact) mass is 243 g/mol. The third kappa shape index (κ3) is 2.49. The summed E-state index contributed by atoms with van der Waals surface area (Å²) in [4.78, 5) is 0. The highest BCUT2D eigenvalue weighted by Crippen LogP contribution is 2.32. The SMILES string of the molecule is CCCC[C@@H](N)c1ccc(OC)c2ccccc12. The van der Waals surface area contributed by atoms with E-state index < -0.39 is 0 Å². The molecule has 0 heterocycles. The second kappa shape index (κ2) is 5.87. The number of methoxy groups -OCH3 is 1. The van der Waals surface area contributed by atoms with Gasteiger partial charge in [0.05, 0.1) is 7.11 Å². The molecule has 0 saturated heterocycles. The van der Waals surface area contributed by atoms with Crippen LogP contribution >= 0.6 is 0 Å². The maximum Gasteiger partial charge on any atom is 0.126 e. The molecule has 0 bridgehead atoms. The Hall–Kier alpha value is -1.54. The molecule has 2 heteroatoms. The van der Waals surface area contributed by atoms with Gasteiger partial charge >= 0.3 is 0 Å². The van der Waals surface area contributed by atoms with Gasteiger partial charge in [-0.3, -0.25) is 0 Å². The second-order valence-corrected chi connectivity index (χ2v) is 4.65. The summed E-state index contributed by atoms with van der Waals surface area (Å²) in [5.41, 5.74) is 7.52. The number of hydrogen-bond donors (Lipinski definition) is 1. The van der Waals surface area contributed by atoms with Gasteiger partial charge in [0.2, 0.25) is 0 Å². The molecule has 0 radical (unpaired) electrons. The van der Waals surface area contributed by atoms with E-state index in [1.165, 1.54) is 23.8 Å². The third-order valence-corrected chi connectivity index (χ3v) is 3.41. The number of unbranched alkanes of at least 4 members (excludes halogenated alkanes) is 1. The minimum Gasteiger partial charge on any atom is -0.496 e. The van der Waals surface area contributed by atoms with E-state index in [0.717, 1.165) is 17.6 Å². The summed E-state index contributed by atoms with van der Waals surface area (Å²) in [5.74, 6) is 0.914. The highest BCUT2D eigenvalue weighted by molar-refractivity contribution is 5.91. The predicted octanol–water partition coefficient (Wildman–Crippen LogP) is 4.04. The number of fused-ring (bicyclic) bond motifs is 1. The van der Waals surface area contributed by atoms with Crippen LogP contribution in [-0.2, 0) is 0 Å². The number of ether oxygens (including phenoxy) is 1. The first-order valence-electron chi connectivity index (χ1n) is 6.59. The number of hydrogen-bond acceptors (Lipinski definition) is 2. The molecule has 0 aliphatic carbocycles. The molecule has 0 fully saturated rings. The van der Waals surface area contributed by atoms with Gasteiger partial charge in [-0.1, -0.05) is 50.1 Å². The van der Waals surface area contributed by atoms with Gasteiger partial charge in [0.15, 0.2) is 0 Å². The van der Waals surface area contributed by atoms with Gasteiger partial charge in [0.25, 0.3) is 0 Å². The summed E-state index contributed by atoms with van der Waals surface area (Å²) in [5, 5.41) is 2.35. The van der Waals surface area contributed by atoms with Crippen molar-refractivity contribution in [1.82, 2.24) is 0 Å². The van der Waals surface area contributed by atoms with Crippen molar-refractivity contribution in [2.24, 2.45) is 5.73 Å². The highest BCUT2D eigenvalue weighted by Gasteiger charge is 2.11. The van der Waals surface area contributed by atoms with E-state index in [1.54, 1.807) is 7.11 Å². The van der Waals surface area contributed by atoms with Crippen molar-refractivity contribution in [3.8, 4) is 5.75 Å². The molecule has 2 aromatic carbocycles. The zero-order valence-corrected chi connectivity index (χ0v) is 11.1. The van der Waals surface area contributed by atoms with E-state index in [9.17, 15) is 0 Å². The Balaban J connectivity index is 2.45. The Morgan fingerprint density at radius 2 is 1.83 bits per heavy atom. The van der Waals surface area contributed by atoms with Crippen molar-refractivity contribution in [3.63, 3.8) is 0 Å². The summed E-state index contributed by atoms with van der Waals surface area (Å²) >= 11 is 0. The van der Waals surface area contributed by atoms with Crippen molar-refractivity contribution in [2.75, 3.05) is 7.11 Å². The van der Waals surface area contributed by atoms with Gasteiger partial charge in [-0.05, 0) is 23.4 Å². The Bertz CT molecular complexity index is 521. The molecule has 0 saturated carbocycles. The largest absolute Gasteiger partial charge is 0.496 e. The molecule has 2 aromatic rings. The van der Waals surface area contributed by atoms with Crippen molar-refractivity contribution in [1.29, 1.82) is 0 Å². The molecule has 2 rings (SSSR count). The van der Waals surface area contributed by atoms with Gasteiger partial charge in [0, 0.05) is 11.4 Å². The quantitative estimate of drug-likeness (QED) is 0.860. The topological polar surface area (TPSA) is 35.2 Å².